The summed E-state index contributed by atoms with van der Waals surface area (Å²) < 4.78 is 0. The Bertz CT molecular complexity index is 273. The predicted octanol–water partition coefficient (Wildman–Crippen LogP) is 4.83. The molecule has 0 atom stereocenters. The minimum absolute atomic E-state index is 0.571. The molecule has 2 aliphatic rings. The molecule has 1 N–H and O–H groups in total. The Hall–Kier alpha value is -0.530. The van der Waals surface area contributed by atoms with Gasteiger partial charge in [-0.05, 0) is 38.0 Å². The van der Waals surface area contributed by atoms with Crippen molar-refractivity contribution in [3.63, 3.8) is 0 Å². The lowest BCUT2D eigenvalue weighted by atomic mass is 9.87. The molecule has 0 aliphatic heterocycles. The summed E-state index contributed by atoms with van der Waals surface area (Å²) in [5.74, 6) is 2.32. The normalized spacial score (nSPS) is 22.1. The Balaban J connectivity index is 1.95. The van der Waals surface area contributed by atoms with Crippen molar-refractivity contribution in [1.82, 2.24) is 4.90 Å². The molecule has 2 saturated carbocycles. The average Bonchev–Trinajstić information content (AvgIpc) is 2.93. The van der Waals surface area contributed by atoms with E-state index in [0.717, 1.165) is 18.3 Å². The quantitative estimate of drug-likeness (QED) is 0.558. The van der Waals surface area contributed by atoms with E-state index >= 15 is 0 Å². The van der Waals surface area contributed by atoms with Crippen molar-refractivity contribution in [3.8, 4) is 0 Å². The van der Waals surface area contributed by atoms with Crippen molar-refractivity contribution in [2.75, 3.05) is 6.54 Å². The third kappa shape index (κ3) is 4.22. The van der Waals surface area contributed by atoms with Crippen LogP contribution < -0.4 is 0 Å². The molecule has 0 aromatic carbocycles. The van der Waals surface area contributed by atoms with Gasteiger partial charge in [-0.25, -0.2) is 0 Å². The Labute approximate surface area is 119 Å². The molecule has 110 valence electrons. The predicted molar refractivity (Wildman–Crippen MR) is 82.7 cm³/mol. The number of nitrogens with zero attached hydrogens (tertiary/aromatic N) is 1. The zero-order valence-electron chi connectivity index (χ0n) is 13.0. The third-order valence-corrected chi connectivity index (χ3v) is 5.01. The monoisotopic (exact) mass is 264 g/mol. The van der Waals surface area contributed by atoms with Crippen molar-refractivity contribution >= 4 is 5.84 Å². The molecule has 2 aliphatic carbocycles. The van der Waals surface area contributed by atoms with Crippen molar-refractivity contribution in [2.45, 2.75) is 84.1 Å². The molecule has 0 saturated heterocycles. The summed E-state index contributed by atoms with van der Waals surface area (Å²) in [4.78, 5) is 2.50. The minimum atomic E-state index is 0.571. The van der Waals surface area contributed by atoms with Crippen LogP contribution in [-0.2, 0) is 0 Å². The minimum Gasteiger partial charge on any atom is -0.357 e. The Morgan fingerprint density at radius 1 is 1.00 bits per heavy atom. The summed E-state index contributed by atoms with van der Waals surface area (Å²) >= 11 is 0. The van der Waals surface area contributed by atoms with Gasteiger partial charge in [0.2, 0.25) is 0 Å². The Kier molecular flexibility index (Phi) is 5.72. The second-order valence-corrected chi connectivity index (χ2v) is 7.03. The molecule has 2 fully saturated rings. The van der Waals surface area contributed by atoms with Crippen LogP contribution in [0, 0.1) is 17.2 Å². The van der Waals surface area contributed by atoms with Gasteiger partial charge in [0.1, 0.15) is 0 Å². The van der Waals surface area contributed by atoms with E-state index in [9.17, 15) is 0 Å². The van der Waals surface area contributed by atoms with Gasteiger partial charge >= 0.3 is 0 Å². The van der Waals surface area contributed by atoms with Gasteiger partial charge in [-0.15, -0.1) is 0 Å². The third-order valence-electron chi connectivity index (χ3n) is 5.01. The number of nitrogens with one attached hydrogen (secondary N) is 1. The van der Waals surface area contributed by atoms with E-state index in [0.29, 0.717) is 12.0 Å². The van der Waals surface area contributed by atoms with E-state index in [1.807, 2.05) is 0 Å². The van der Waals surface area contributed by atoms with Gasteiger partial charge in [0.15, 0.2) is 0 Å². The van der Waals surface area contributed by atoms with Crippen LogP contribution in [0.1, 0.15) is 78.1 Å². The molecule has 0 unspecified atom stereocenters. The summed E-state index contributed by atoms with van der Waals surface area (Å²) in [5, 5.41) is 8.68. The highest BCUT2D eigenvalue weighted by Crippen LogP contribution is 2.30. The second kappa shape index (κ2) is 7.31. The molecule has 0 aromatic rings. The van der Waals surface area contributed by atoms with E-state index in [-0.39, 0.29) is 0 Å². The molecule has 0 amide bonds. The largest absolute Gasteiger partial charge is 0.357 e. The van der Waals surface area contributed by atoms with Gasteiger partial charge in [0, 0.05) is 18.5 Å². The van der Waals surface area contributed by atoms with Crippen molar-refractivity contribution < 1.29 is 0 Å². The average molecular weight is 264 g/mol. The fourth-order valence-corrected chi connectivity index (χ4v) is 3.72. The lowest BCUT2D eigenvalue weighted by Crippen LogP contribution is -2.43. The zero-order valence-corrected chi connectivity index (χ0v) is 13.0. The highest BCUT2D eigenvalue weighted by Gasteiger charge is 2.29. The number of amidine groups is 1. The molecular formula is C17H32N2. The number of rotatable bonds is 5. The first-order valence-corrected chi connectivity index (χ1v) is 8.53. The highest BCUT2D eigenvalue weighted by atomic mass is 15.2. The van der Waals surface area contributed by atoms with E-state index in [1.54, 1.807) is 0 Å². The molecule has 2 rings (SSSR count). The van der Waals surface area contributed by atoms with Crippen LogP contribution in [-0.4, -0.2) is 23.3 Å². The maximum Gasteiger partial charge on any atom is 0.0991 e. The Morgan fingerprint density at radius 3 is 2.16 bits per heavy atom. The fraction of sp³-hybridized carbons (Fsp3) is 0.941. The van der Waals surface area contributed by atoms with Crippen LogP contribution in [0.25, 0.3) is 0 Å². The topological polar surface area (TPSA) is 27.1 Å². The summed E-state index contributed by atoms with van der Waals surface area (Å²) in [5.41, 5.74) is 0. The molecule has 2 nitrogen and oxygen atoms in total. The van der Waals surface area contributed by atoms with E-state index in [2.05, 4.69) is 18.7 Å². The van der Waals surface area contributed by atoms with Crippen molar-refractivity contribution in [2.24, 2.45) is 11.8 Å². The van der Waals surface area contributed by atoms with Crippen LogP contribution in [0.3, 0.4) is 0 Å². The van der Waals surface area contributed by atoms with Gasteiger partial charge in [-0.1, -0.05) is 46.0 Å². The molecule has 2 heteroatoms. The van der Waals surface area contributed by atoms with Crippen LogP contribution >= 0.6 is 0 Å². The maximum absolute atomic E-state index is 8.68. The first-order chi connectivity index (χ1) is 9.18. The smallest absolute Gasteiger partial charge is 0.0991 e. The first kappa shape index (κ1) is 14.9. The summed E-state index contributed by atoms with van der Waals surface area (Å²) in [6.45, 7) is 5.73. The van der Waals surface area contributed by atoms with Crippen molar-refractivity contribution in [3.05, 3.63) is 0 Å². The molecule has 0 aromatic heterocycles. The number of hydrogen-bond acceptors (Lipinski definition) is 1. The van der Waals surface area contributed by atoms with Gasteiger partial charge in [-0.3, -0.25) is 5.41 Å². The molecule has 0 spiro atoms. The summed E-state index contributed by atoms with van der Waals surface area (Å²) in [6.07, 6.45) is 13.3. The van der Waals surface area contributed by atoms with Crippen LogP contribution in [0.5, 0.6) is 0 Å². The van der Waals surface area contributed by atoms with E-state index in [4.69, 9.17) is 5.41 Å². The van der Waals surface area contributed by atoms with Gasteiger partial charge in [0.05, 0.1) is 5.84 Å². The summed E-state index contributed by atoms with van der Waals surface area (Å²) in [6, 6.07) is 0.688. The lowest BCUT2D eigenvalue weighted by Gasteiger charge is -2.36. The summed E-state index contributed by atoms with van der Waals surface area (Å²) in [7, 11) is 0. The lowest BCUT2D eigenvalue weighted by molar-refractivity contribution is 0.268. The second-order valence-electron chi connectivity index (χ2n) is 7.03. The fourth-order valence-electron chi connectivity index (χ4n) is 3.72. The molecule has 0 heterocycles. The van der Waals surface area contributed by atoms with Gasteiger partial charge < -0.3 is 4.90 Å². The zero-order chi connectivity index (χ0) is 13.7. The SMILES string of the molecule is CC(C)CCN(C(=N)C1CCCCC1)C1CCCC1. The van der Waals surface area contributed by atoms with Crippen molar-refractivity contribution in [1.29, 1.82) is 5.41 Å². The van der Waals surface area contributed by atoms with Crippen LogP contribution in [0.4, 0.5) is 0 Å². The number of hydrogen-bond donors (Lipinski definition) is 1. The maximum atomic E-state index is 8.68. The molecule has 19 heavy (non-hydrogen) atoms. The first-order valence-electron chi connectivity index (χ1n) is 8.53. The molecule has 0 bridgehead atoms. The van der Waals surface area contributed by atoms with Crippen LogP contribution in [0.15, 0.2) is 0 Å². The van der Waals surface area contributed by atoms with Gasteiger partial charge in [0.25, 0.3) is 0 Å². The van der Waals surface area contributed by atoms with E-state index < -0.39 is 0 Å². The highest BCUT2D eigenvalue weighted by molar-refractivity contribution is 5.82. The molecular weight excluding hydrogens is 232 g/mol. The molecule has 0 radical (unpaired) electrons. The standard InChI is InChI=1S/C17H32N2/c1-14(2)12-13-19(16-10-6-7-11-16)17(18)15-8-4-3-5-9-15/h14-16,18H,3-13H2,1-2H3. The van der Waals surface area contributed by atoms with Crippen LogP contribution in [0.2, 0.25) is 0 Å². The Morgan fingerprint density at radius 2 is 1.58 bits per heavy atom. The van der Waals surface area contributed by atoms with E-state index in [1.165, 1.54) is 64.2 Å². The van der Waals surface area contributed by atoms with Gasteiger partial charge in [-0.2, -0.15) is 0 Å².